The number of sulfone groups is 1. The van der Waals surface area contributed by atoms with Crippen LogP contribution in [-0.2, 0) is 9.84 Å². The maximum atomic E-state index is 12.6. The number of nitrogens with zero attached hydrogens (tertiary/aromatic N) is 1. The van der Waals surface area contributed by atoms with E-state index in [4.69, 9.17) is 23.2 Å². The van der Waals surface area contributed by atoms with Crippen molar-refractivity contribution in [2.75, 3.05) is 0 Å². The van der Waals surface area contributed by atoms with Crippen LogP contribution in [0.3, 0.4) is 0 Å². The van der Waals surface area contributed by atoms with Gasteiger partial charge in [0.2, 0.25) is 9.84 Å². The molecule has 2 aromatic carbocycles. The fourth-order valence-corrected chi connectivity index (χ4v) is 4.36. The van der Waals surface area contributed by atoms with Gasteiger partial charge >= 0.3 is 0 Å². The van der Waals surface area contributed by atoms with E-state index in [-0.39, 0.29) is 13.9 Å². The molecule has 3 nitrogen and oxygen atoms in total. The summed E-state index contributed by atoms with van der Waals surface area (Å²) in [6, 6.07) is 15.1. The summed E-state index contributed by atoms with van der Waals surface area (Å²) in [4.78, 5) is 4.47. The second-order valence-corrected chi connectivity index (χ2v) is 9.06. The van der Waals surface area contributed by atoms with Gasteiger partial charge in [0, 0.05) is 16.0 Å². The molecule has 0 aliphatic heterocycles. The lowest BCUT2D eigenvalue weighted by Crippen LogP contribution is -2.00. The van der Waals surface area contributed by atoms with E-state index in [0.29, 0.717) is 16.1 Å². The molecular formula is C17H10BrCl2NO2S. The van der Waals surface area contributed by atoms with Crippen LogP contribution in [0, 0.1) is 0 Å². The van der Waals surface area contributed by atoms with Gasteiger partial charge in [0.1, 0.15) is 8.97 Å². The molecule has 0 aliphatic carbocycles. The Labute approximate surface area is 158 Å². The Morgan fingerprint density at radius 1 is 1.04 bits per heavy atom. The number of halogens is 3. The van der Waals surface area contributed by atoms with Gasteiger partial charge in [0.15, 0.2) is 0 Å². The predicted molar refractivity (Wildman–Crippen MR) is 102 cm³/mol. The third-order valence-corrected chi connectivity index (χ3v) is 6.91. The molecule has 122 valence electrons. The number of hydrogen-bond acceptors (Lipinski definition) is 3. The minimum atomic E-state index is -3.65. The highest BCUT2D eigenvalue weighted by Gasteiger charge is 2.18. The zero-order chi connectivity index (χ0) is 17.3. The van der Waals surface area contributed by atoms with Gasteiger partial charge in [0.25, 0.3) is 0 Å². The first-order valence-corrected chi connectivity index (χ1v) is 9.84. The standard InChI is InChI=1S/C17H10BrCl2NO2S/c18-16(24(22,23)14-4-2-1-3-5-14)10-12-8-11-9-13(19)6-7-15(11)21-17(12)20/h1-10H/b16-10+. The summed E-state index contributed by atoms with van der Waals surface area (Å²) in [6.45, 7) is 0. The second kappa shape index (κ2) is 6.84. The van der Waals surface area contributed by atoms with E-state index in [2.05, 4.69) is 20.9 Å². The topological polar surface area (TPSA) is 47.0 Å². The molecule has 0 N–H and O–H groups in total. The molecule has 0 spiro atoms. The maximum Gasteiger partial charge on any atom is 0.213 e. The van der Waals surface area contributed by atoms with Crippen LogP contribution in [-0.4, -0.2) is 13.4 Å². The van der Waals surface area contributed by atoms with E-state index in [9.17, 15) is 8.42 Å². The first kappa shape index (κ1) is 17.4. The molecule has 24 heavy (non-hydrogen) atoms. The Balaban J connectivity index is 2.10. The molecule has 0 saturated heterocycles. The van der Waals surface area contributed by atoms with Crippen molar-refractivity contribution in [1.82, 2.24) is 4.98 Å². The van der Waals surface area contributed by atoms with Crippen molar-refractivity contribution in [3.05, 3.63) is 74.2 Å². The molecule has 0 amide bonds. The van der Waals surface area contributed by atoms with Gasteiger partial charge in [0.05, 0.1) is 10.4 Å². The highest BCUT2D eigenvalue weighted by molar-refractivity contribution is 9.13. The van der Waals surface area contributed by atoms with Crippen molar-refractivity contribution < 1.29 is 8.42 Å². The van der Waals surface area contributed by atoms with Crippen LogP contribution in [0.5, 0.6) is 0 Å². The summed E-state index contributed by atoms with van der Waals surface area (Å²) in [5, 5.41) is 1.55. The van der Waals surface area contributed by atoms with Gasteiger partial charge in [-0.25, -0.2) is 13.4 Å². The molecule has 0 fully saturated rings. The minimum Gasteiger partial charge on any atom is -0.235 e. The van der Waals surface area contributed by atoms with Crippen molar-refractivity contribution in [2.24, 2.45) is 0 Å². The van der Waals surface area contributed by atoms with Crippen LogP contribution in [0.1, 0.15) is 5.56 Å². The van der Waals surface area contributed by atoms with Gasteiger partial charge in [-0.1, -0.05) is 41.4 Å². The lowest BCUT2D eigenvalue weighted by atomic mass is 10.1. The molecule has 0 aliphatic rings. The number of pyridine rings is 1. The molecule has 0 radical (unpaired) electrons. The average molecular weight is 443 g/mol. The summed E-state index contributed by atoms with van der Waals surface area (Å²) in [6.07, 6.45) is 1.44. The first-order valence-electron chi connectivity index (χ1n) is 6.81. The smallest absolute Gasteiger partial charge is 0.213 e. The normalized spacial score (nSPS) is 12.5. The SMILES string of the molecule is O=S(=O)(/C(Br)=C/c1cc2cc(Cl)ccc2nc1Cl)c1ccccc1. The lowest BCUT2D eigenvalue weighted by molar-refractivity contribution is 0.604. The van der Waals surface area contributed by atoms with Gasteiger partial charge in [-0.15, -0.1) is 0 Å². The molecule has 0 atom stereocenters. The number of hydrogen-bond donors (Lipinski definition) is 0. The monoisotopic (exact) mass is 441 g/mol. The highest BCUT2D eigenvalue weighted by atomic mass is 79.9. The Morgan fingerprint density at radius 3 is 2.46 bits per heavy atom. The number of fused-ring (bicyclic) bond motifs is 1. The maximum absolute atomic E-state index is 12.6. The van der Waals surface area contributed by atoms with Crippen molar-refractivity contribution >= 4 is 65.9 Å². The summed E-state index contributed by atoms with van der Waals surface area (Å²) in [7, 11) is -3.65. The van der Waals surface area contributed by atoms with Gasteiger partial charge < -0.3 is 0 Å². The predicted octanol–water partition coefficient (Wildman–Crippen LogP) is 5.71. The van der Waals surface area contributed by atoms with E-state index in [0.717, 1.165) is 5.39 Å². The first-order chi connectivity index (χ1) is 11.4. The fourth-order valence-electron chi connectivity index (χ4n) is 2.15. The van der Waals surface area contributed by atoms with E-state index < -0.39 is 9.84 Å². The van der Waals surface area contributed by atoms with E-state index in [1.54, 1.807) is 42.5 Å². The molecule has 0 saturated carbocycles. The van der Waals surface area contributed by atoms with Crippen LogP contribution in [0.4, 0.5) is 0 Å². The van der Waals surface area contributed by atoms with Gasteiger partial charge in [-0.2, -0.15) is 0 Å². The fraction of sp³-hybridized carbons (Fsp3) is 0. The average Bonchev–Trinajstić information content (AvgIpc) is 2.56. The quantitative estimate of drug-likeness (QED) is 0.488. The zero-order valence-corrected chi connectivity index (χ0v) is 16.0. The molecule has 1 heterocycles. The van der Waals surface area contributed by atoms with Gasteiger partial charge in [-0.05, 0) is 58.4 Å². The number of benzene rings is 2. The largest absolute Gasteiger partial charge is 0.235 e. The molecule has 3 rings (SSSR count). The molecule has 3 aromatic rings. The van der Waals surface area contributed by atoms with Crippen LogP contribution < -0.4 is 0 Å². The minimum absolute atomic E-state index is 0.00581. The highest BCUT2D eigenvalue weighted by Crippen LogP contribution is 2.30. The number of aromatic nitrogens is 1. The summed E-state index contributed by atoms with van der Waals surface area (Å²) in [5.74, 6) is 0. The zero-order valence-electron chi connectivity index (χ0n) is 12.1. The number of rotatable bonds is 3. The Hall–Kier alpha value is -1.40. The molecule has 0 unspecified atom stereocenters. The Kier molecular flexibility index (Phi) is 4.97. The summed E-state index contributed by atoms with van der Waals surface area (Å²) >= 11 is 15.3. The molecular weight excluding hydrogens is 433 g/mol. The Morgan fingerprint density at radius 2 is 1.75 bits per heavy atom. The summed E-state index contributed by atoms with van der Waals surface area (Å²) < 4.78 is 25.1. The molecule has 7 heteroatoms. The van der Waals surface area contributed by atoms with E-state index >= 15 is 0 Å². The van der Waals surface area contributed by atoms with E-state index in [1.165, 1.54) is 18.2 Å². The van der Waals surface area contributed by atoms with E-state index in [1.807, 2.05) is 0 Å². The van der Waals surface area contributed by atoms with Crippen molar-refractivity contribution in [2.45, 2.75) is 4.90 Å². The van der Waals surface area contributed by atoms with Crippen molar-refractivity contribution in [3.63, 3.8) is 0 Å². The summed E-state index contributed by atoms with van der Waals surface area (Å²) in [5.41, 5.74) is 1.17. The van der Waals surface area contributed by atoms with Crippen molar-refractivity contribution in [1.29, 1.82) is 0 Å². The van der Waals surface area contributed by atoms with Crippen molar-refractivity contribution in [3.8, 4) is 0 Å². The lowest BCUT2D eigenvalue weighted by Gasteiger charge is -2.06. The molecule has 0 bridgehead atoms. The van der Waals surface area contributed by atoms with Crippen LogP contribution in [0.2, 0.25) is 10.2 Å². The van der Waals surface area contributed by atoms with Crippen LogP contribution in [0.15, 0.2) is 63.3 Å². The third kappa shape index (κ3) is 3.49. The van der Waals surface area contributed by atoms with Gasteiger partial charge in [-0.3, -0.25) is 0 Å². The van der Waals surface area contributed by atoms with Crippen LogP contribution >= 0.6 is 39.1 Å². The molecule has 1 aromatic heterocycles. The van der Waals surface area contributed by atoms with Crippen LogP contribution in [0.25, 0.3) is 17.0 Å². The Bertz CT molecular complexity index is 1050. The third-order valence-electron chi connectivity index (χ3n) is 3.34. The second-order valence-electron chi connectivity index (χ2n) is 4.97.